The molecule has 0 aliphatic heterocycles. The number of hydrogen-bond acceptors (Lipinski definition) is 3. The van der Waals surface area contributed by atoms with Gasteiger partial charge in [-0.25, -0.2) is 4.79 Å². The minimum absolute atomic E-state index is 0.325. The second-order valence-electron chi connectivity index (χ2n) is 2.97. The van der Waals surface area contributed by atoms with Crippen molar-refractivity contribution >= 4 is 11.5 Å². The maximum atomic E-state index is 11.3. The number of esters is 1. The van der Waals surface area contributed by atoms with Gasteiger partial charge in [-0.05, 0) is 12.5 Å². The summed E-state index contributed by atoms with van der Waals surface area (Å²) in [4.78, 5) is 11.3. The van der Waals surface area contributed by atoms with Crippen LogP contribution in [0.3, 0.4) is 0 Å². The lowest BCUT2D eigenvalue weighted by atomic mass is 10.0. The van der Waals surface area contributed by atoms with Gasteiger partial charge in [0.25, 0.3) is 0 Å². The molecule has 0 aromatic heterocycles. The van der Waals surface area contributed by atoms with Crippen LogP contribution in [0.2, 0.25) is 0 Å². The molecule has 3 nitrogen and oxygen atoms in total. The van der Waals surface area contributed by atoms with Crippen LogP contribution in [0.25, 0.3) is 5.57 Å². The summed E-state index contributed by atoms with van der Waals surface area (Å²) in [6.07, 6.45) is 0. The monoisotopic (exact) mass is 201 g/mol. The highest BCUT2D eigenvalue weighted by Crippen LogP contribution is 2.18. The Bertz CT molecular complexity index is 427. The quantitative estimate of drug-likeness (QED) is 0.418. The first-order valence-electron chi connectivity index (χ1n) is 4.45. The molecule has 0 fully saturated rings. The Balaban J connectivity index is 3.21. The molecule has 1 aromatic rings. The van der Waals surface area contributed by atoms with Gasteiger partial charge in [-0.2, -0.15) is 5.26 Å². The zero-order chi connectivity index (χ0) is 11.3. The molecule has 3 heteroatoms. The van der Waals surface area contributed by atoms with Crippen LogP contribution in [-0.2, 0) is 9.53 Å². The van der Waals surface area contributed by atoms with Crippen LogP contribution >= 0.6 is 0 Å². The zero-order valence-corrected chi connectivity index (χ0v) is 8.65. The van der Waals surface area contributed by atoms with Gasteiger partial charge in [0.05, 0.1) is 18.3 Å². The molecule has 15 heavy (non-hydrogen) atoms. The van der Waals surface area contributed by atoms with Crippen molar-refractivity contribution in [2.45, 2.75) is 6.92 Å². The normalized spacial score (nSPS) is 11.3. The smallest absolute Gasteiger partial charge is 0.334 e. The first-order valence-corrected chi connectivity index (χ1v) is 4.45. The molecule has 0 saturated carbocycles. The Hall–Kier alpha value is -2.08. The van der Waals surface area contributed by atoms with Crippen molar-refractivity contribution < 1.29 is 9.53 Å². The third-order valence-corrected chi connectivity index (χ3v) is 2.04. The van der Waals surface area contributed by atoms with Gasteiger partial charge in [-0.15, -0.1) is 0 Å². The number of carbonyl (C=O) groups excluding carboxylic acids is 1. The van der Waals surface area contributed by atoms with Crippen molar-refractivity contribution in [3.05, 3.63) is 41.5 Å². The molecule has 1 aromatic carbocycles. The van der Waals surface area contributed by atoms with Gasteiger partial charge in [-0.1, -0.05) is 30.3 Å². The largest absolute Gasteiger partial charge is 0.466 e. The van der Waals surface area contributed by atoms with E-state index in [1.54, 1.807) is 19.1 Å². The molecule has 0 radical (unpaired) electrons. The molecule has 0 heterocycles. The van der Waals surface area contributed by atoms with E-state index in [0.717, 1.165) is 5.56 Å². The van der Waals surface area contributed by atoms with Gasteiger partial charge in [0.1, 0.15) is 6.07 Å². The number of allylic oxidation sites excluding steroid dienone is 1. The highest BCUT2D eigenvalue weighted by molar-refractivity contribution is 6.00. The fourth-order valence-corrected chi connectivity index (χ4v) is 1.22. The first-order chi connectivity index (χ1) is 7.20. The summed E-state index contributed by atoms with van der Waals surface area (Å²) in [5.41, 5.74) is 1.40. The van der Waals surface area contributed by atoms with Gasteiger partial charge >= 0.3 is 5.97 Å². The van der Waals surface area contributed by atoms with Crippen molar-refractivity contribution in [1.82, 2.24) is 0 Å². The lowest BCUT2D eigenvalue weighted by molar-refractivity contribution is -0.135. The standard InChI is InChI=1S/C12H11NO2/c1-9(12(14)15-2)11(8-13)10-6-4-3-5-7-10/h3-7H,1-2H3/b11-9+. The van der Waals surface area contributed by atoms with E-state index >= 15 is 0 Å². The molecular weight excluding hydrogens is 190 g/mol. The summed E-state index contributed by atoms with van der Waals surface area (Å²) in [6, 6.07) is 11.1. The molecule has 0 aliphatic carbocycles. The van der Waals surface area contributed by atoms with E-state index in [1.807, 2.05) is 24.3 Å². The average Bonchev–Trinajstić information content (AvgIpc) is 2.30. The molecule has 0 spiro atoms. The Morgan fingerprint density at radius 1 is 1.33 bits per heavy atom. The molecule has 0 N–H and O–H groups in total. The minimum atomic E-state index is -0.476. The van der Waals surface area contributed by atoms with E-state index in [0.29, 0.717) is 11.1 Å². The summed E-state index contributed by atoms with van der Waals surface area (Å²) in [7, 11) is 1.30. The Morgan fingerprint density at radius 3 is 2.40 bits per heavy atom. The molecule has 1 rings (SSSR count). The maximum Gasteiger partial charge on any atom is 0.334 e. The van der Waals surface area contributed by atoms with Gasteiger partial charge in [0, 0.05) is 0 Å². The highest BCUT2D eigenvalue weighted by atomic mass is 16.5. The number of nitriles is 1. The van der Waals surface area contributed by atoms with Crippen LogP contribution in [0.4, 0.5) is 0 Å². The Kier molecular flexibility index (Phi) is 3.64. The van der Waals surface area contributed by atoms with Crippen LogP contribution in [-0.4, -0.2) is 13.1 Å². The number of hydrogen-bond donors (Lipinski definition) is 0. The van der Waals surface area contributed by atoms with Crippen molar-refractivity contribution in [1.29, 1.82) is 5.26 Å². The highest BCUT2D eigenvalue weighted by Gasteiger charge is 2.11. The van der Waals surface area contributed by atoms with E-state index in [4.69, 9.17) is 5.26 Å². The van der Waals surface area contributed by atoms with Crippen molar-refractivity contribution in [2.24, 2.45) is 0 Å². The number of benzene rings is 1. The van der Waals surface area contributed by atoms with Crippen LogP contribution in [0.1, 0.15) is 12.5 Å². The summed E-state index contributed by atoms with van der Waals surface area (Å²) >= 11 is 0. The molecule has 0 aliphatic rings. The van der Waals surface area contributed by atoms with E-state index in [1.165, 1.54) is 7.11 Å². The van der Waals surface area contributed by atoms with Gasteiger partial charge in [0.2, 0.25) is 0 Å². The Morgan fingerprint density at radius 2 is 1.93 bits per heavy atom. The first kappa shape index (κ1) is 11.0. The van der Waals surface area contributed by atoms with E-state index in [9.17, 15) is 4.79 Å². The zero-order valence-electron chi connectivity index (χ0n) is 8.65. The molecule has 0 unspecified atom stereocenters. The number of nitrogens with zero attached hydrogens (tertiary/aromatic N) is 1. The lowest BCUT2D eigenvalue weighted by Crippen LogP contribution is -2.04. The van der Waals surface area contributed by atoms with Gasteiger partial charge < -0.3 is 4.74 Å². The number of methoxy groups -OCH3 is 1. The minimum Gasteiger partial charge on any atom is -0.466 e. The summed E-state index contributed by atoms with van der Waals surface area (Å²) in [6.45, 7) is 1.58. The second kappa shape index (κ2) is 4.97. The number of carbonyl (C=O) groups is 1. The van der Waals surface area contributed by atoms with Crippen LogP contribution in [0.15, 0.2) is 35.9 Å². The molecule has 0 amide bonds. The van der Waals surface area contributed by atoms with Crippen LogP contribution < -0.4 is 0 Å². The van der Waals surface area contributed by atoms with Gasteiger partial charge in [0.15, 0.2) is 0 Å². The number of ether oxygens (including phenoxy) is 1. The fraction of sp³-hybridized carbons (Fsp3) is 0.167. The maximum absolute atomic E-state index is 11.3. The second-order valence-corrected chi connectivity index (χ2v) is 2.97. The topological polar surface area (TPSA) is 50.1 Å². The van der Waals surface area contributed by atoms with Crippen LogP contribution in [0.5, 0.6) is 0 Å². The molecule has 76 valence electrons. The summed E-state index contributed by atoms with van der Waals surface area (Å²) in [5.74, 6) is -0.476. The molecule has 0 saturated heterocycles. The molecule has 0 bridgehead atoms. The average molecular weight is 201 g/mol. The van der Waals surface area contributed by atoms with E-state index < -0.39 is 5.97 Å². The molecule has 0 atom stereocenters. The van der Waals surface area contributed by atoms with Crippen molar-refractivity contribution in [3.8, 4) is 6.07 Å². The summed E-state index contributed by atoms with van der Waals surface area (Å²) in [5, 5.41) is 8.98. The fourth-order valence-electron chi connectivity index (χ4n) is 1.22. The Labute approximate surface area is 88.6 Å². The third kappa shape index (κ3) is 2.44. The van der Waals surface area contributed by atoms with Gasteiger partial charge in [-0.3, -0.25) is 0 Å². The predicted octanol–water partition coefficient (Wildman–Crippen LogP) is 2.16. The van der Waals surface area contributed by atoms with E-state index in [-0.39, 0.29) is 0 Å². The summed E-state index contributed by atoms with van der Waals surface area (Å²) < 4.78 is 4.57. The van der Waals surface area contributed by atoms with E-state index in [2.05, 4.69) is 4.74 Å². The van der Waals surface area contributed by atoms with Crippen LogP contribution in [0, 0.1) is 11.3 Å². The SMILES string of the molecule is COC(=O)/C(C)=C(\C#N)c1ccccc1. The number of rotatable bonds is 2. The van der Waals surface area contributed by atoms with Crippen molar-refractivity contribution in [3.63, 3.8) is 0 Å². The molecular formula is C12H11NO2. The lowest BCUT2D eigenvalue weighted by Gasteiger charge is -2.03. The predicted molar refractivity (Wildman–Crippen MR) is 56.7 cm³/mol. The third-order valence-electron chi connectivity index (χ3n) is 2.04. The van der Waals surface area contributed by atoms with Crippen molar-refractivity contribution in [2.75, 3.05) is 7.11 Å².